The second-order valence-electron chi connectivity index (χ2n) is 8.11. The van der Waals surface area contributed by atoms with E-state index >= 15 is 0 Å². The first-order valence-electron chi connectivity index (χ1n) is 10.7. The first-order valence-corrected chi connectivity index (χ1v) is 10.7. The van der Waals surface area contributed by atoms with Crippen LogP contribution in [0.4, 0.5) is 24.5 Å². The summed E-state index contributed by atoms with van der Waals surface area (Å²) in [6, 6.07) is 3.90. The molecule has 1 saturated heterocycles. The van der Waals surface area contributed by atoms with E-state index in [1.165, 1.54) is 22.8 Å². The number of nitrogens with two attached hydrogens (primary N) is 1. The molecule has 2 aromatic heterocycles. The SMILES string of the molecule is COCCN1CCC(N=Nc2cc(-c3cc(C(F)F)c4nc(C)cn4n3)cc(F)c2N)CC1. The van der Waals surface area contributed by atoms with Gasteiger partial charge in [-0.25, -0.2) is 22.7 Å². The molecule has 3 aromatic rings. The Kier molecular flexibility index (Phi) is 6.89. The minimum Gasteiger partial charge on any atom is -0.395 e. The fraction of sp³-hybridized carbons (Fsp3) is 0.455. The van der Waals surface area contributed by atoms with E-state index in [0.29, 0.717) is 12.3 Å². The van der Waals surface area contributed by atoms with Gasteiger partial charge in [0.1, 0.15) is 11.5 Å². The number of ether oxygens (including phenoxy) is 1. The summed E-state index contributed by atoms with van der Waals surface area (Å²) in [5.74, 6) is -0.710. The monoisotopic (exact) mass is 461 g/mol. The van der Waals surface area contributed by atoms with Crippen LogP contribution < -0.4 is 5.73 Å². The molecule has 0 amide bonds. The van der Waals surface area contributed by atoms with Gasteiger partial charge < -0.3 is 15.4 Å². The quantitative estimate of drug-likeness (QED) is 0.411. The van der Waals surface area contributed by atoms with Crippen LogP contribution in [0.3, 0.4) is 0 Å². The molecular weight excluding hydrogens is 435 g/mol. The number of piperidine rings is 1. The number of halogens is 3. The number of nitrogen functional groups attached to an aromatic ring is 1. The van der Waals surface area contributed by atoms with E-state index < -0.39 is 12.2 Å². The molecule has 3 heterocycles. The van der Waals surface area contributed by atoms with Crippen molar-refractivity contribution >= 4 is 17.0 Å². The topological polar surface area (TPSA) is 93.4 Å². The first kappa shape index (κ1) is 23.1. The maximum absolute atomic E-state index is 14.6. The molecule has 4 rings (SSSR count). The largest absolute Gasteiger partial charge is 0.395 e. The summed E-state index contributed by atoms with van der Waals surface area (Å²) >= 11 is 0. The molecule has 0 saturated carbocycles. The summed E-state index contributed by atoms with van der Waals surface area (Å²) in [6.45, 7) is 4.99. The average Bonchev–Trinajstić information content (AvgIpc) is 3.18. The number of rotatable bonds is 7. The summed E-state index contributed by atoms with van der Waals surface area (Å²) in [5, 5.41) is 12.9. The van der Waals surface area contributed by atoms with Crippen molar-refractivity contribution < 1.29 is 17.9 Å². The molecule has 0 spiro atoms. The second kappa shape index (κ2) is 9.84. The lowest BCUT2D eigenvalue weighted by Crippen LogP contribution is -2.37. The van der Waals surface area contributed by atoms with Crippen molar-refractivity contribution in [1.82, 2.24) is 19.5 Å². The summed E-state index contributed by atoms with van der Waals surface area (Å²) < 4.78 is 48.2. The van der Waals surface area contributed by atoms with Crippen LogP contribution in [0.15, 0.2) is 34.6 Å². The lowest BCUT2D eigenvalue weighted by atomic mass is 10.1. The van der Waals surface area contributed by atoms with E-state index in [0.717, 1.165) is 38.5 Å². The normalized spacial score (nSPS) is 15.9. The number of aryl methyl sites for hydroxylation is 1. The van der Waals surface area contributed by atoms with E-state index in [9.17, 15) is 13.2 Å². The molecule has 0 bridgehead atoms. The van der Waals surface area contributed by atoms with Crippen LogP contribution in [-0.4, -0.2) is 58.9 Å². The summed E-state index contributed by atoms with van der Waals surface area (Å²) in [4.78, 5) is 6.40. The Morgan fingerprint density at radius 1 is 1.24 bits per heavy atom. The first-order chi connectivity index (χ1) is 15.9. The Morgan fingerprint density at radius 3 is 2.70 bits per heavy atom. The maximum Gasteiger partial charge on any atom is 0.267 e. The molecule has 1 aliphatic heterocycles. The second-order valence-corrected chi connectivity index (χ2v) is 8.11. The number of methoxy groups -OCH3 is 1. The summed E-state index contributed by atoms with van der Waals surface area (Å²) in [7, 11) is 1.68. The van der Waals surface area contributed by atoms with Crippen molar-refractivity contribution in [2.45, 2.75) is 32.2 Å². The maximum atomic E-state index is 14.6. The molecule has 33 heavy (non-hydrogen) atoms. The molecule has 11 heteroatoms. The number of hydrogen-bond acceptors (Lipinski definition) is 7. The van der Waals surface area contributed by atoms with Crippen molar-refractivity contribution in [3.05, 3.63) is 41.5 Å². The van der Waals surface area contributed by atoms with Gasteiger partial charge in [0, 0.05) is 32.3 Å². The zero-order chi connectivity index (χ0) is 23.5. The van der Waals surface area contributed by atoms with Crippen molar-refractivity contribution in [2.75, 3.05) is 39.1 Å². The van der Waals surface area contributed by atoms with Gasteiger partial charge in [0.2, 0.25) is 0 Å². The Labute approximate surface area is 189 Å². The standard InChI is InChI=1S/C22H26F3N7O/c1-13-12-32-22(27-13)16(21(24)25)11-18(30-32)14-9-17(23)20(26)19(10-14)29-28-15-3-5-31(6-4-15)7-8-33-2/h9-12,15,21H,3-8,26H2,1-2H3. The molecule has 0 radical (unpaired) electrons. The van der Waals surface area contributed by atoms with Crippen LogP contribution in [-0.2, 0) is 4.74 Å². The van der Waals surface area contributed by atoms with E-state index in [4.69, 9.17) is 10.5 Å². The van der Waals surface area contributed by atoms with Crippen LogP contribution >= 0.6 is 0 Å². The molecule has 2 N–H and O–H groups in total. The molecule has 0 unspecified atom stereocenters. The van der Waals surface area contributed by atoms with Crippen molar-refractivity contribution in [3.8, 4) is 11.3 Å². The van der Waals surface area contributed by atoms with E-state index in [1.807, 2.05) is 0 Å². The number of aromatic nitrogens is 3. The van der Waals surface area contributed by atoms with Gasteiger partial charge in [0.05, 0.1) is 41.5 Å². The Hall–Kier alpha value is -3.05. The number of anilines is 1. The fourth-order valence-corrected chi connectivity index (χ4v) is 3.87. The van der Waals surface area contributed by atoms with Gasteiger partial charge in [-0.05, 0) is 38.0 Å². The number of azo groups is 1. The van der Waals surface area contributed by atoms with Crippen LogP contribution in [0.5, 0.6) is 0 Å². The molecule has 0 atom stereocenters. The van der Waals surface area contributed by atoms with Gasteiger partial charge in [-0.2, -0.15) is 15.3 Å². The summed E-state index contributed by atoms with van der Waals surface area (Å²) in [5.41, 5.74) is 6.67. The van der Waals surface area contributed by atoms with Gasteiger partial charge >= 0.3 is 0 Å². The molecular formula is C22H26F3N7O. The molecule has 176 valence electrons. The van der Waals surface area contributed by atoms with E-state index in [1.54, 1.807) is 14.0 Å². The highest BCUT2D eigenvalue weighted by atomic mass is 19.3. The minimum atomic E-state index is -2.76. The van der Waals surface area contributed by atoms with Crippen molar-refractivity contribution in [3.63, 3.8) is 0 Å². The third-order valence-electron chi connectivity index (χ3n) is 5.71. The van der Waals surface area contributed by atoms with E-state index in [2.05, 4.69) is 25.2 Å². The van der Waals surface area contributed by atoms with Gasteiger partial charge in [0.15, 0.2) is 5.65 Å². The average molecular weight is 461 g/mol. The number of benzene rings is 1. The van der Waals surface area contributed by atoms with Gasteiger partial charge in [0.25, 0.3) is 6.43 Å². The summed E-state index contributed by atoms with van der Waals surface area (Å²) in [6.07, 6.45) is 0.428. The Balaban J connectivity index is 1.60. The molecule has 8 nitrogen and oxygen atoms in total. The highest BCUT2D eigenvalue weighted by molar-refractivity contribution is 5.74. The number of imidazole rings is 1. The Bertz CT molecular complexity index is 1160. The highest BCUT2D eigenvalue weighted by Gasteiger charge is 2.20. The predicted octanol–water partition coefficient (Wildman–Crippen LogP) is 4.56. The van der Waals surface area contributed by atoms with Crippen LogP contribution in [0.25, 0.3) is 16.9 Å². The fourth-order valence-electron chi connectivity index (χ4n) is 3.87. The van der Waals surface area contributed by atoms with Gasteiger partial charge in [-0.3, -0.25) is 0 Å². The van der Waals surface area contributed by atoms with Crippen LogP contribution in [0.2, 0.25) is 0 Å². The predicted molar refractivity (Wildman–Crippen MR) is 118 cm³/mol. The third-order valence-corrected chi connectivity index (χ3v) is 5.71. The molecule has 1 fully saturated rings. The van der Waals surface area contributed by atoms with Crippen molar-refractivity contribution in [1.29, 1.82) is 0 Å². The number of alkyl halides is 2. The smallest absolute Gasteiger partial charge is 0.267 e. The van der Waals surface area contributed by atoms with Gasteiger partial charge in [-0.1, -0.05) is 0 Å². The van der Waals surface area contributed by atoms with Gasteiger partial charge in [-0.15, -0.1) is 0 Å². The lowest BCUT2D eigenvalue weighted by Gasteiger charge is -2.29. The zero-order valence-corrected chi connectivity index (χ0v) is 18.5. The number of hydrogen-bond donors (Lipinski definition) is 1. The molecule has 0 aliphatic carbocycles. The number of nitrogens with zero attached hydrogens (tertiary/aromatic N) is 6. The number of fused-ring (bicyclic) bond motifs is 1. The highest BCUT2D eigenvalue weighted by Crippen LogP contribution is 2.34. The minimum absolute atomic E-state index is 0.00347. The van der Waals surface area contributed by atoms with E-state index in [-0.39, 0.29) is 39.9 Å². The zero-order valence-electron chi connectivity index (χ0n) is 18.5. The lowest BCUT2D eigenvalue weighted by molar-refractivity contribution is 0.130. The molecule has 1 aromatic carbocycles. The van der Waals surface area contributed by atoms with Crippen molar-refractivity contribution in [2.24, 2.45) is 10.2 Å². The van der Waals surface area contributed by atoms with Crippen LogP contribution in [0.1, 0.15) is 30.5 Å². The number of likely N-dealkylation sites (tertiary alicyclic amines) is 1. The Morgan fingerprint density at radius 2 is 2.00 bits per heavy atom. The van der Waals surface area contributed by atoms with Crippen LogP contribution in [0, 0.1) is 12.7 Å². The third kappa shape index (κ3) is 5.14. The molecule has 1 aliphatic rings.